The van der Waals surface area contributed by atoms with Gasteiger partial charge in [-0.3, -0.25) is 4.79 Å². The standard InChI is InChI=1S/C17H15Cl2NO/c1-2-3-8-20-15-6-4-11(18)9-13(15)17(21)14-10-12(19)5-7-16(14)20/h4-7,9-10H,2-3,8H2,1H3. The topological polar surface area (TPSA) is 22.0 Å². The van der Waals surface area contributed by atoms with E-state index in [0.717, 1.165) is 30.4 Å². The van der Waals surface area contributed by atoms with Gasteiger partial charge >= 0.3 is 0 Å². The van der Waals surface area contributed by atoms with Crippen molar-refractivity contribution in [2.75, 3.05) is 0 Å². The molecule has 0 saturated heterocycles. The van der Waals surface area contributed by atoms with Crippen LogP contribution < -0.4 is 5.43 Å². The maximum Gasteiger partial charge on any atom is 0.197 e. The van der Waals surface area contributed by atoms with Crippen LogP contribution in [-0.2, 0) is 6.54 Å². The molecular formula is C17H15Cl2NO. The summed E-state index contributed by atoms with van der Waals surface area (Å²) in [7, 11) is 0. The number of halogens is 2. The number of pyridine rings is 1. The molecule has 0 fully saturated rings. The summed E-state index contributed by atoms with van der Waals surface area (Å²) in [6.45, 7) is 3.02. The van der Waals surface area contributed by atoms with E-state index in [-0.39, 0.29) is 5.43 Å². The molecule has 0 aliphatic rings. The SMILES string of the molecule is CCCCn1c2ccc(Cl)cc2c(=O)c2cc(Cl)ccc21. The Labute approximate surface area is 132 Å². The van der Waals surface area contributed by atoms with Gasteiger partial charge in [-0.25, -0.2) is 0 Å². The fraction of sp³-hybridized carbons (Fsp3) is 0.235. The van der Waals surface area contributed by atoms with Crippen molar-refractivity contribution in [2.24, 2.45) is 0 Å². The third-order valence-corrected chi connectivity index (χ3v) is 4.19. The van der Waals surface area contributed by atoms with Crippen molar-refractivity contribution in [1.82, 2.24) is 4.57 Å². The lowest BCUT2D eigenvalue weighted by atomic mass is 10.1. The average Bonchev–Trinajstić information content (AvgIpc) is 2.48. The predicted molar refractivity (Wildman–Crippen MR) is 90.6 cm³/mol. The van der Waals surface area contributed by atoms with Crippen molar-refractivity contribution in [1.29, 1.82) is 0 Å². The number of benzene rings is 2. The van der Waals surface area contributed by atoms with Gasteiger partial charge in [0.2, 0.25) is 0 Å². The van der Waals surface area contributed by atoms with Gasteiger partial charge in [-0.15, -0.1) is 0 Å². The second kappa shape index (κ2) is 5.70. The zero-order valence-electron chi connectivity index (χ0n) is 11.7. The lowest BCUT2D eigenvalue weighted by molar-refractivity contribution is 0.662. The van der Waals surface area contributed by atoms with E-state index in [1.54, 1.807) is 12.1 Å². The number of rotatable bonds is 3. The molecule has 21 heavy (non-hydrogen) atoms. The summed E-state index contributed by atoms with van der Waals surface area (Å²) in [4.78, 5) is 12.7. The lowest BCUT2D eigenvalue weighted by Gasteiger charge is -2.15. The molecule has 2 aromatic carbocycles. The van der Waals surface area contributed by atoms with Crippen molar-refractivity contribution in [3.05, 3.63) is 56.7 Å². The van der Waals surface area contributed by atoms with E-state index < -0.39 is 0 Å². The second-order valence-electron chi connectivity index (χ2n) is 5.16. The molecule has 0 amide bonds. The molecule has 1 heterocycles. The highest BCUT2D eigenvalue weighted by atomic mass is 35.5. The third kappa shape index (κ3) is 2.54. The minimum Gasteiger partial charge on any atom is -0.340 e. The lowest BCUT2D eigenvalue weighted by Crippen LogP contribution is -2.11. The quantitative estimate of drug-likeness (QED) is 0.603. The number of hydrogen-bond donors (Lipinski definition) is 0. The number of nitrogens with zero attached hydrogens (tertiary/aromatic N) is 1. The Morgan fingerprint density at radius 3 is 1.95 bits per heavy atom. The van der Waals surface area contributed by atoms with Crippen LogP contribution in [0.15, 0.2) is 41.2 Å². The van der Waals surface area contributed by atoms with Crippen LogP contribution >= 0.6 is 23.2 Å². The Morgan fingerprint density at radius 2 is 1.48 bits per heavy atom. The van der Waals surface area contributed by atoms with E-state index in [4.69, 9.17) is 23.2 Å². The van der Waals surface area contributed by atoms with E-state index >= 15 is 0 Å². The van der Waals surface area contributed by atoms with Gasteiger partial charge in [-0.2, -0.15) is 0 Å². The summed E-state index contributed by atoms with van der Waals surface area (Å²) in [5.41, 5.74) is 1.83. The molecule has 0 aliphatic carbocycles. The fourth-order valence-electron chi connectivity index (χ4n) is 2.68. The summed E-state index contributed by atoms with van der Waals surface area (Å²) in [5, 5.41) is 2.44. The van der Waals surface area contributed by atoms with Crippen LogP contribution in [0.2, 0.25) is 10.0 Å². The van der Waals surface area contributed by atoms with Crippen LogP contribution in [0.25, 0.3) is 21.8 Å². The Balaban J connectivity index is 2.47. The highest BCUT2D eigenvalue weighted by molar-refractivity contribution is 6.32. The van der Waals surface area contributed by atoms with Crippen LogP contribution in [0.3, 0.4) is 0 Å². The minimum atomic E-state index is -0.0160. The largest absolute Gasteiger partial charge is 0.340 e. The van der Waals surface area contributed by atoms with Gasteiger partial charge in [0.25, 0.3) is 0 Å². The molecule has 0 bridgehead atoms. The van der Waals surface area contributed by atoms with E-state index in [0.29, 0.717) is 20.8 Å². The van der Waals surface area contributed by atoms with E-state index in [9.17, 15) is 4.79 Å². The molecule has 4 heteroatoms. The zero-order chi connectivity index (χ0) is 15.0. The van der Waals surface area contributed by atoms with Gasteiger partial charge in [-0.05, 0) is 42.8 Å². The van der Waals surface area contributed by atoms with Gasteiger partial charge in [-0.1, -0.05) is 36.5 Å². The van der Waals surface area contributed by atoms with E-state index in [1.807, 2.05) is 24.3 Å². The Morgan fingerprint density at radius 1 is 0.952 bits per heavy atom. The number of aromatic nitrogens is 1. The van der Waals surface area contributed by atoms with Crippen molar-refractivity contribution >= 4 is 45.0 Å². The van der Waals surface area contributed by atoms with Crippen LogP contribution in [0.5, 0.6) is 0 Å². The summed E-state index contributed by atoms with van der Waals surface area (Å²) in [6.07, 6.45) is 2.15. The minimum absolute atomic E-state index is 0.0160. The number of fused-ring (bicyclic) bond motifs is 2. The Kier molecular flexibility index (Phi) is 3.92. The summed E-state index contributed by atoms with van der Waals surface area (Å²) in [5.74, 6) is 0. The second-order valence-corrected chi connectivity index (χ2v) is 6.03. The van der Waals surface area contributed by atoms with Gasteiger partial charge in [0.1, 0.15) is 0 Å². The van der Waals surface area contributed by atoms with Gasteiger partial charge in [0, 0.05) is 27.4 Å². The zero-order valence-corrected chi connectivity index (χ0v) is 13.2. The molecule has 0 N–H and O–H groups in total. The third-order valence-electron chi connectivity index (χ3n) is 3.72. The van der Waals surface area contributed by atoms with E-state index in [1.165, 1.54) is 0 Å². The summed E-state index contributed by atoms with van der Waals surface area (Å²) < 4.78 is 2.18. The molecule has 3 aromatic rings. The molecule has 3 rings (SSSR count). The monoisotopic (exact) mass is 319 g/mol. The van der Waals surface area contributed by atoms with Gasteiger partial charge < -0.3 is 4.57 Å². The number of unbranched alkanes of at least 4 members (excludes halogenated alkanes) is 1. The van der Waals surface area contributed by atoms with Crippen molar-refractivity contribution in [3.63, 3.8) is 0 Å². The molecule has 0 aliphatic heterocycles. The molecule has 1 aromatic heterocycles. The molecule has 0 spiro atoms. The Hall–Kier alpha value is -1.51. The molecule has 108 valence electrons. The molecule has 0 unspecified atom stereocenters. The molecular weight excluding hydrogens is 305 g/mol. The van der Waals surface area contributed by atoms with Gasteiger partial charge in [0.15, 0.2) is 5.43 Å². The summed E-state index contributed by atoms with van der Waals surface area (Å²) in [6, 6.07) is 11.0. The van der Waals surface area contributed by atoms with Crippen LogP contribution in [0.1, 0.15) is 19.8 Å². The Bertz CT molecular complexity index is 817. The fourth-order valence-corrected chi connectivity index (χ4v) is 3.03. The maximum atomic E-state index is 12.7. The van der Waals surface area contributed by atoms with Crippen LogP contribution in [-0.4, -0.2) is 4.57 Å². The smallest absolute Gasteiger partial charge is 0.197 e. The predicted octanol–water partition coefficient (Wildman–Crippen LogP) is 5.26. The first kappa shape index (κ1) is 14.4. The first-order chi connectivity index (χ1) is 10.1. The maximum absolute atomic E-state index is 12.7. The van der Waals surface area contributed by atoms with Crippen LogP contribution in [0, 0.1) is 0 Å². The van der Waals surface area contributed by atoms with Crippen molar-refractivity contribution in [2.45, 2.75) is 26.3 Å². The highest BCUT2D eigenvalue weighted by Gasteiger charge is 2.11. The normalized spacial score (nSPS) is 11.4. The van der Waals surface area contributed by atoms with Crippen LogP contribution in [0.4, 0.5) is 0 Å². The molecule has 0 atom stereocenters. The van der Waals surface area contributed by atoms with Gasteiger partial charge in [0.05, 0.1) is 11.0 Å². The molecule has 0 saturated carbocycles. The molecule has 2 nitrogen and oxygen atoms in total. The van der Waals surface area contributed by atoms with Crippen molar-refractivity contribution in [3.8, 4) is 0 Å². The highest BCUT2D eigenvalue weighted by Crippen LogP contribution is 2.24. The summed E-state index contributed by atoms with van der Waals surface area (Å²) >= 11 is 12.1. The number of hydrogen-bond acceptors (Lipinski definition) is 1. The number of aryl methyl sites for hydroxylation is 1. The average molecular weight is 320 g/mol. The first-order valence-electron chi connectivity index (χ1n) is 7.03. The molecule has 0 radical (unpaired) electrons. The van der Waals surface area contributed by atoms with E-state index in [2.05, 4.69) is 11.5 Å². The van der Waals surface area contributed by atoms with Crippen molar-refractivity contribution < 1.29 is 0 Å². The first-order valence-corrected chi connectivity index (χ1v) is 7.78.